The van der Waals surface area contributed by atoms with E-state index in [1.807, 2.05) is 0 Å². The summed E-state index contributed by atoms with van der Waals surface area (Å²) in [6.45, 7) is 0. The van der Waals surface area contributed by atoms with Gasteiger partial charge in [-0.25, -0.2) is 0 Å². The minimum absolute atomic E-state index is 0. The first kappa shape index (κ1) is 15.7. The number of halogens is 4. The summed E-state index contributed by atoms with van der Waals surface area (Å²) in [5, 5.41) is 0. The largest absolute Gasteiger partial charge is 1.00 e. The Morgan fingerprint density at radius 2 is 1.00 bits per heavy atom. The van der Waals surface area contributed by atoms with Crippen molar-refractivity contribution in [1.82, 2.24) is 0 Å². The van der Waals surface area contributed by atoms with E-state index in [-0.39, 0.29) is 34.8 Å². The fourth-order valence-corrected chi connectivity index (χ4v) is 0. The number of hydrogen-bond donors (Lipinski definition) is 0. The third kappa shape index (κ3) is 60.7. The molecule has 0 spiro atoms. The van der Waals surface area contributed by atoms with Gasteiger partial charge in [0.2, 0.25) is 0 Å². The maximum Gasteiger partial charge on any atom is 1.00 e. The number of hydrogen-bond acceptors (Lipinski definition) is 0. The molecule has 0 aromatic heterocycles. The Balaban J connectivity index is -0.0000000450. The molecule has 0 atom stereocenters. The molecule has 6 heteroatoms. The van der Waals surface area contributed by atoms with E-state index in [9.17, 15) is 12.6 Å². The molecule has 0 radical (unpaired) electrons. The van der Waals surface area contributed by atoms with Crippen molar-refractivity contribution < 1.29 is 47.4 Å². The maximum absolute atomic E-state index is 9.73. The van der Waals surface area contributed by atoms with Gasteiger partial charge in [-0.15, -0.1) is 0 Å². The average molecular weight is 320 g/mol. The monoisotopic (exact) mass is 320 g/mol. The third-order valence-corrected chi connectivity index (χ3v) is 0. The second-order valence-electron chi connectivity index (χ2n) is 0.192. The van der Waals surface area contributed by atoms with Crippen LogP contribution < -0.4 is 12.4 Å². The van der Waals surface area contributed by atoms with Gasteiger partial charge in [-0.05, 0) is 0 Å². The van der Waals surface area contributed by atoms with Gasteiger partial charge in [0.05, 0.1) is 0 Å². The summed E-state index contributed by atoms with van der Waals surface area (Å²) in [5.41, 5.74) is 0. The minimum Gasteiger partial charge on any atom is -1.00 e. The van der Waals surface area contributed by atoms with E-state index in [4.69, 9.17) is 0 Å². The van der Waals surface area contributed by atoms with Gasteiger partial charge in [-0.3, -0.25) is 0 Å². The zero-order valence-corrected chi connectivity index (χ0v) is 6.08. The van der Waals surface area contributed by atoms with E-state index in [1.54, 1.807) is 0 Å². The Kier molecular flexibility index (Phi) is 24.9. The molecule has 0 aliphatic carbocycles. The molecule has 44 valence electrons. The first-order valence-electron chi connectivity index (χ1n) is 0.507. The molecule has 0 aliphatic rings. The van der Waals surface area contributed by atoms with Crippen LogP contribution in [0.15, 0.2) is 0 Å². The van der Waals surface area contributed by atoms with Crippen LogP contribution in [0.5, 0.6) is 0 Å². The van der Waals surface area contributed by atoms with Gasteiger partial charge in [-0.2, -0.15) is 12.6 Å². The van der Waals surface area contributed by atoms with Gasteiger partial charge in [0.1, 0.15) is 0 Å². The fourth-order valence-electron chi connectivity index (χ4n) is 0. The van der Waals surface area contributed by atoms with Gasteiger partial charge in [0, 0.05) is 0 Å². The third-order valence-electron chi connectivity index (χ3n) is 0. The summed E-state index contributed by atoms with van der Waals surface area (Å²) in [6, 6.07) is 0. The molecule has 0 fully saturated rings. The Labute approximate surface area is 56.5 Å². The summed E-state index contributed by atoms with van der Waals surface area (Å²) < 4.78 is 29.2. The summed E-state index contributed by atoms with van der Waals surface area (Å²) in [6.07, 6.45) is 0. The van der Waals surface area contributed by atoms with Gasteiger partial charge < -0.3 is 12.4 Å². The molecule has 0 aliphatic heterocycles. The summed E-state index contributed by atoms with van der Waals surface area (Å²) in [5.74, 6) is 0. The zero-order valence-electron chi connectivity index (χ0n) is 2.26. The Bertz CT molecular complexity index is 15.5. The average Bonchev–Trinajstić information content (AvgIpc) is 0.811. The predicted octanol–water partition coefficient (Wildman–Crippen LogP) is -0.877. The van der Waals surface area contributed by atoms with E-state index in [1.165, 1.54) is 0 Å². The molecule has 0 saturated carbocycles. The van der Waals surface area contributed by atoms with Crippen molar-refractivity contribution in [2.45, 2.75) is 0 Å². The van der Waals surface area contributed by atoms with Crippen LogP contribution in [0, 0.1) is 0 Å². The van der Waals surface area contributed by atoms with Crippen molar-refractivity contribution in [3.05, 3.63) is 0 Å². The van der Waals surface area contributed by atoms with Gasteiger partial charge in [0.25, 0.3) is 0 Å². The first-order chi connectivity index (χ1) is 1.73. The van der Waals surface area contributed by atoms with Crippen molar-refractivity contribution >= 4 is 8.85 Å². The van der Waals surface area contributed by atoms with E-state index in [2.05, 4.69) is 0 Å². The van der Waals surface area contributed by atoms with Gasteiger partial charge in [0.15, 0.2) is 0 Å². The van der Waals surface area contributed by atoms with Crippen molar-refractivity contribution in [1.29, 1.82) is 0 Å². The normalized spacial score (nSPS) is 6.00. The van der Waals surface area contributed by atoms with Crippen LogP contribution in [0.4, 0.5) is 12.6 Å². The molecule has 0 aromatic carbocycles. The Morgan fingerprint density at radius 1 is 1.00 bits per heavy atom. The summed E-state index contributed by atoms with van der Waals surface area (Å²) in [7, 11) is -4.12. The second-order valence-corrected chi connectivity index (χ2v) is 0.575. The van der Waals surface area contributed by atoms with Crippen molar-refractivity contribution in [2.75, 3.05) is 0 Å². The molecule has 0 aromatic rings. The first-order valence-corrected chi connectivity index (χ1v) is 1.52. The second kappa shape index (κ2) is 9.54. The number of rotatable bonds is 0. The SMILES string of the molecule is FP(F)F.[Au+].[Cl-]. The molecular formula is AuClF3P. The van der Waals surface area contributed by atoms with E-state index in [0.717, 1.165) is 0 Å². The molecule has 0 saturated heterocycles. The van der Waals surface area contributed by atoms with Gasteiger partial charge >= 0.3 is 31.2 Å². The van der Waals surface area contributed by atoms with Crippen LogP contribution in [0.25, 0.3) is 0 Å². The van der Waals surface area contributed by atoms with Crippen LogP contribution in [0.1, 0.15) is 0 Å². The fraction of sp³-hybridized carbons (Fsp3) is 0. The topological polar surface area (TPSA) is 0 Å². The van der Waals surface area contributed by atoms with Crippen LogP contribution in [0.3, 0.4) is 0 Å². The van der Waals surface area contributed by atoms with E-state index in [0.29, 0.717) is 0 Å². The van der Waals surface area contributed by atoms with E-state index < -0.39 is 8.85 Å². The van der Waals surface area contributed by atoms with Crippen molar-refractivity contribution in [3.63, 3.8) is 0 Å². The summed E-state index contributed by atoms with van der Waals surface area (Å²) >= 11 is 0. The standard InChI is InChI=1S/Au.ClH.F3P/c;;1-4(2)3/h;1H;/q+1;;/p-1. The predicted molar refractivity (Wildman–Crippen MR) is 10.2 cm³/mol. The smallest absolute Gasteiger partial charge is 1.00 e. The quantitative estimate of drug-likeness (QED) is 0.402. The Morgan fingerprint density at radius 3 is 1.00 bits per heavy atom. The maximum atomic E-state index is 9.73. The molecular weight excluding hydrogens is 320 g/mol. The molecule has 0 nitrogen and oxygen atoms in total. The molecule has 0 N–H and O–H groups in total. The van der Waals surface area contributed by atoms with Crippen LogP contribution in [-0.2, 0) is 22.4 Å². The van der Waals surface area contributed by atoms with E-state index >= 15 is 0 Å². The Hall–Kier alpha value is 1.25. The molecule has 0 bridgehead atoms. The molecule has 6 heavy (non-hydrogen) atoms. The van der Waals surface area contributed by atoms with Crippen LogP contribution in [0.2, 0.25) is 0 Å². The zero-order chi connectivity index (χ0) is 3.58. The van der Waals surface area contributed by atoms with Crippen LogP contribution in [-0.4, -0.2) is 0 Å². The molecule has 0 amide bonds. The van der Waals surface area contributed by atoms with Crippen LogP contribution >= 0.6 is 8.85 Å². The summed E-state index contributed by atoms with van der Waals surface area (Å²) in [4.78, 5) is 0. The minimum atomic E-state index is -4.12. The van der Waals surface area contributed by atoms with Crippen molar-refractivity contribution in [3.8, 4) is 0 Å². The molecule has 0 heterocycles. The molecule has 0 unspecified atom stereocenters. The molecule has 0 rings (SSSR count). The van der Waals surface area contributed by atoms with Gasteiger partial charge in [-0.1, -0.05) is 0 Å². The van der Waals surface area contributed by atoms with Crippen molar-refractivity contribution in [2.24, 2.45) is 0 Å².